The summed E-state index contributed by atoms with van der Waals surface area (Å²) >= 11 is 0. The van der Waals surface area contributed by atoms with Crippen molar-refractivity contribution in [2.45, 2.75) is 19.9 Å². The number of hydrogen-bond acceptors (Lipinski definition) is 8. The first-order valence-electron chi connectivity index (χ1n) is 7.50. The van der Waals surface area contributed by atoms with Crippen molar-refractivity contribution >= 4 is 34.9 Å². The number of aryl methyl sites for hydroxylation is 1. The second kappa shape index (κ2) is 5.96. The number of fused-ring (bicyclic) bond motifs is 1. The lowest BCUT2D eigenvalue weighted by atomic mass is 9.99. The van der Waals surface area contributed by atoms with Crippen molar-refractivity contribution in [2.24, 2.45) is 11.0 Å². The Morgan fingerprint density at radius 3 is 2.76 bits per heavy atom. The number of nitrogens with zero attached hydrogens (tertiary/aromatic N) is 3. The summed E-state index contributed by atoms with van der Waals surface area (Å²) in [5.74, 6) is -3.18. The van der Waals surface area contributed by atoms with E-state index in [9.17, 15) is 24.5 Å². The van der Waals surface area contributed by atoms with Crippen LogP contribution in [0.2, 0.25) is 0 Å². The molecule has 2 heterocycles. The minimum Gasteiger partial charge on any atom is -0.461 e. The lowest BCUT2D eigenvalue weighted by molar-refractivity contribution is -0.384. The number of imide groups is 1. The van der Waals surface area contributed by atoms with Gasteiger partial charge in [0.1, 0.15) is 12.0 Å². The fourth-order valence-corrected chi connectivity index (χ4v) is 2.85. The first-order valence-corrected chi connectivity index (χ1v) is 7.50. The quantitative estimate of drug-likeness (QED) is 0.358. The molecule has 0 saturated carbocycles. The highest BCUT2D eigenvalue weighted by Crippen LogP contribution is 2.34. The van der Waals surface area contributed by atoms with Crippen molar-refractivity contribution in [3.05, 3.63) is 33.9 Å². The lowest BCUT2D eigenvalue weighted by Crippen LogP contribution is -2.36. The second-order valence-electron chi connectivity index (χ2n) is 5.54. The second-order valence-corrected chi connectivity index (χ2v) is 5.54. The Morgan fingerprint density at radius 1 is 1.40 bits per heavy atom. The minimum absolute atomic E-state index is 0.102. The van der Waals surface area contributed by atoms with Gasteiger partial charge in [-0.25, -0.2) is 9.69 Å². The number of anilines is 1. The molecule has 3 rings (SSSR count). The number of hydrazone groups is 1. The average Bonchev–Trinajstić information content (AvgIpc) is 3.10. The van der Waals surface area contributed by atoms with Crippen molar-refractivity contribution in [2.75, 3.05) is 11.5 Å². The van der Waals surface area contributed by atoms with Gasteiger partial charge in [-0.15, -0.1) is 0 Å². The van der Waals surface area contributed by atoms with Gasteiger partial charge in [-0.1, -0.05) is 6.07 Å². The SMILES string of the molecule is CCOC(=O)C1=NN[C@H]2C(=O)N(c3cc([N+](=O)[O-])ccc3C)C(=O)[C@@H]12. The van der Waals surface area contributed by atoms with Gasteiger partial charge < -0.3 is 4.74 Å². The highest BCUT2D eigenvalue weighted by molar-refractivity contribution is 6.46. The highest BCUT2D eigenvalue weighted by atomic mass is 16.6. The molecule has 1 aromatic rings. The number of non-ortho nitro benzene ring substituents is 1. The van der Waals surface area contributed by atoms with Crippen LogP contribution in [0.3, 0.4) is 0 Å². The van der Waals surface area contributed by atoms with Crippen LogP contribution in [0.15, 0.2) is 23.3 Å². The third-order valence-electron chi connectivity index (χ3n) is 4.05. The van der Waals surface area contributed by atoms with Gasteiger partial charge in [0.15, 0.2) is 5.71 Å². The lowest BCUT2D eigenvalue weighted by Gasteiger charge is -2.17. The summed E-state index contributed by atoms with van der Waals surface area (Å²) in [5, 5.41) is 14.7. The number of nitro groups is 1. The molecule has 10 nitrogen and oxygen atoms in total. The molecule has 1 aromatic carbocycles. The number of hydrogen-bond donors (Lipinski definition) is 1. The van der Waals surface area contributed by atoms with E-state index in [2.05, 4.69) is 10.5 Å². The fourth-order valence-electron chi connectivity index (χ4n) is 2.85. The van der Waals surface area contributed by atoms with Gasteiger partial charge in [0, 0.05) is 12.1 Å². The third kappa shape index (κ3) is 2.51. The van der Waals surface area contributed by atoms with Crippen LogP contribution in [0.25, 0.3) is 0 Å². The van der Waals surface area contributed by atoms with Crippen LogP contribution in [0, 0.1) is 23.0 Å². The number of ether oxygens (including phenoxy) is 1. The predicted octanol–water partition coefficient (Wildman–Crippen LogP) is 0.284. The molecule has 0 radical (unpaired) electrons. The van der Waals surface area contributed by atoms with Gasteiger partial charge in [0.25, 0.3) is 11.6 Å². The summed E-state index contributed by atoms with van der Waals surface area (Å²) in [7, 11) is 0. The molecule has 2 atom stereocenters. The zero-order valence-electron chi connectivity index (χ0n) is 13.4. The third-order valence-corrected chi connectivity index (χ3v) is 4.05. The van der Waals surface area contributed by atoms with E-state index in [4.69, 9.17) is 4.74 Å². The Balaban J connectivity index is 1.99. The van der Waals surface area contributed by atoms with E-state index in [0.717, 1.165) is 11.0 Å². The first kappa shape index (κ1) is 16.6. The van der Waals surface area contributed by atoms with Gasteiger partial charge in [-0.2, -0.15) is 5.10 Å². The van der Waals surface area contributed by atoms with Gasteiger partial charge in [0.2, 0.25) is 5.91 Å². The van der Waals surface area contributed by atoms with Crippen molar-refractivity contribution < 1.29 is 24.0 Å². The summed E-state index contributed by atoms with van der Waals surface area (Å²) in [6.45, 7) is 3.34. The monoisotopic (exact) mass is 346 g/mol. The highest BCUT2D eigenvalue weighted by Gasteiger charge is 2.56. The smallest absolute Gasteiger partial charge is 0.355 e. The average molecular weight is 346 g/mol. The molecular formula is C15H14N4O6. The number of esters is 1. The van der Waals surface area contributed by atoms with Crippen molar-refractivity contribution in [1.29, 1.82) is 0 Å². The Kier molecular flexibility index (Phi) is 3.95. The molecule has 2 amide bonds. The summed E-state index contributed by atoms with van der Waals surface area (Å²) in [4.78, 5) is 48.5. The Labute approximate surface area is 141 Å². The van der Waals surface area contributed by atoms with Crippen LogP contribution in [-0.4, -0.2) is 41.1 Å². The molecule has 0 aliphatic carbocycles. The minimum atomic E-state index is -1.11. The summed E-state index contributed by atoms with van der Waals surface area (Å²) in [6, 6.07) is 2.88. The van der Waals surface area contributed by atoms with Crippen molar-refractivity contribution in [3.8, 4) is 0 Å². The maximum absolute atomic E-state index is 12.8. The number of carbonyl (C=O) groups is 3. The van der Waals surface area contributed by atoms with E-state index in [-0.39, 0.29) is 23.7 Å². The normalized spacial score (nSPS) is 21.7. The Morgan fingerprint density at radius 2 is 2.12 bits per heavy atom. The maximum Gasteiger partial charge on any atom is 0.355 e. The molecule has 130 valence electrons. The van der Waals surface area contributed by atoms with Gasteiger partial charge in [0.05, 0.1) is 17.2 Å². The summed E-state index contributed by atoms with van der Waals surface area (Å²) in [6.07, 6.45) is 0. The molecule has 10 heteroatoms. The number of benzene rings is 1. The maximum atomic E-state index is 12.8. The van der Waals surface area contributed by atoms with Gasteiger partial charge in [-0.3, -0.25) is 25.1 Å². The summed E-state index contributed by atoms with van der Waals surface area (Å²) < 4.78 is 4.85. The molecule has 0 aromatic heterocycles. The topological polar surface area (TPSA) is 131 Å². The Hall–Kier alpha value is -3.30. The van der Waals surface area contributed by atoms with Crippen molar-refractivity contribution in [1.82, 2.24) is 5.43 Å². The van der Waals surface area contributed by atoms with Gasteiger partial charge in [-0.05, 0) is 19.4 Å². The van der Waals surface area contributed by atoms with E-state index in [1.807, 2.05) is 0 Å². The molecule has 1 saturated heterocycles. The van der Waals surface area contributed by atoms with E-state index in [1.54, 1.807) is 13.8 Å². The van der Waals surface area contributed by atoms with E-state index >= 15 is 0 Å². The zero-order chi connectivity index (χ0) is 18.3. The number of amides is 2. The number of nitrogens with one attached hydrogen (secondary N) is 1. The molecule has 2 aliphatic heterocycles. The number of carbonyl (C=O) groups excluding carboxylic acids is 3. The van der Waals surface area contributed by atoms with Crippen LogP contribution < -0.4 is 10.3 Å². The standard InChI is InChI=1S/C15H14N4O6/c1-3-25-15(22)12-10-11(16-17-12)14(21)18(13(10)20)9-6-8(19(23)24)5-4-7(9)2/h4-6,10-11,16H,3H2,1-2H3/t10-,11-/m1/s1. The van der Waals surface area contributed by atoms with E-state index in [1.165, 1.54) is 12.1 Å². The molecule has 0 bridgehead atoms. The molecule has 1 fully saturated rings. The van der Waals surface area contributed by atoms with Crippen molar-refractivity contribution in [3.63, 3.8) is 0 Å². The van der Waals surface area contributed by atoms with Crippen LogP contribution in [0.1, 0.15) is 12.5 Å². The molecular weight excluding hydrogens is 332 g/mol. The van der Waals surface area contributed by atoms with Crippen LogP contribution in [0.5, 0.6) is 0 Å². The fraction of sp³-hybridized carbons (Fsp3) is 0.333. The molecule has 2 aliphatic rings. The van der Waals surface area contributed by atoms with Gasteiger partial charge >= 0.3 is 5.97 Å². The zero-order valence-corrected chi connectivity index (χ0v) is 13.4. The predicted molar refractivity (Wildman–Crippen MR) is 84.8 cm³/mol. The molecule has 0 unspecified atom stereocenters. The van der Waals surface area contributed by atoms with Crippen LogP contribution in [-0.2, 0) is 19.1 Å². The molecule has 1 N–H and O–H groups in total. The number of rotatable bonds is 4. The molecule has 25 heavy (non-hydrogen) atoms. The molecule has 0 spiro atoms. The Bertz CT molecular complexity index is 833. The summed E-state index contributed by atoms with van der Waals surface area (Å²) in [5.41, 5.74) is 2.70. The van der Waals surface area contributed by atoms with E-state index < -0.39 is 34.7 Å². The van der Waals surface area contributed by atoms with Crippen LogP contribution in [0.4, 0.5) is 11.4 Å². The van der Waals surface area contributed by atoms with Crippen LogP contribution >= 0.6 is 0 Å². The number of nitro benzene ring substituents is 1. The first-order chi connectivity index (χ1) is 11.9. The largest absolute Gasteiger partial charge is 0.461 e. The van der Waals surface area contributed by atoms with E-state index in [0.29, 0.717) is 5.56 Å².